The van der Waals surface area contributed by atoms with Crippen LogP contribution < -0.4 is 5.32 Å². The zero-order chi connectivity index (χ0) is 13.1. The summed E-state index contributed by atoms with van der Waals surface area (Å²) in [6.07, 6.45) is 2.85. The van der Waals surface area contributed by atoms with E-state index in [0.29, 0.717) is 0 Å². The van der Waals surface area contributed by atoms with E-state index in [1.54, 1.807) is 0 Å². The molecule has 1 aliphatic heterocycles. The van der Waals surface area contributed by atoms with Gasteiger partial charge >= 0.3 is 0 Å². The van der Waals surface area contributed by atoms with Crippen LogP contribution in [0.5, 0.6) is 0 Å². The van der Waals surface area contributed by atoms with Gasteiger partial charge < -0.3 is 10.4 Å². The molecule has 1 radical (unpaired) electrons. The number of aliphatic hydroxyl groups excluding tert-OH is 1. The Bertz CT molecular complexity index is 556. The third kappa shape index (κ3) is 2.36. The maximum absolute atomic E-state index is 9.40. The lowest BCUT2D eigenvalue weighted by Crippen LogP contribution is -2.41. The number of nitrogens with one attached hydrogen (secondary N) is 1. The van der Waals surface area contributed by atoms with E-state index in [-0.39, 0.29) is 12.0 Å². The van der Waals surface area contributed by atoms with Gasteiger partial charge in [-0.15, -0.1) is 0 Å². The number of benzene rings is 1. The second-order valence-corrected chi connectivity index (χ2v) is 5.31. The largest absolute Gasteiger partial charge is 0.396 e. The second kappa shape index (κ2) is 5.27. The molecule has 1 aliphatic rings. The Kier molecular flexibility index (Phi) is 3.49. The highest BCUT2D eigenvalue weighted by Gasteiger charge is 2.34. The van der Waals surface area contributed by atoms with Crippen LogP contribution in [0.25, 0.3) is 10.9 Å². The molecule has 1 saturated heterocycles. The highest BCUT2D eigenvalue weighted by Crippen LogP contribution is 2.36. The fraction of sp³-hybridized carbons (Fsp3) is 0.438. The molecule has 1 aromatic carbocycles. The monoisotopic (exact) mass is 255 g/mol. The lowest BCUT2D eigenvalue weighted by molar-refractivity contribution is 0.201. The van der Waals surface area contributed by atoms with Crippen molar-refractivity contribution in [1.82, 2.24) is 10.3 Å². The van der Waals surface area contributed by atoms with Crippen LogP contribution in [0.3, 0.4) is 0 Å². The second-order valence-electron chi connectivity index (χ2n) is 5.31. The molecule has 2 aromatic rings. The van der Waals surface area contributed by atoms with E-state index in [2.05, 4.69) is 11.4 Å². The van der Waals surface area contributed by atoms with E-state index in [4.69, 9.17) is 4.98 Å². The van der Waals surface area contributed by atoms with Crippen molar-refractivity contribution in [3.05, 3.63) is 42.1 Å². The molecule has 99 valence electrons. The molecule has 0 unspecified atom stereocenters. The first-order valence-corrected chi connectivity index (χ1v) is 6.94. The zero-order valence-electron chi connectivity index (χ0n) is 11.0. The molecular weight excluding hydrogens is 236 g/mol. The average Bonchev–Trinajstić information content (AvgIpc) is 2.48. The van der Waals surface area contributed by atoms with Gasteiger partial charge in [0.15, 0.2) is 0 Å². The van der Waals surface area contributed by atoms with Crippen LogP contribution in [0.2, 0.25) is 0 Å². The van der Waals surface area contributed by atoms with E-state index in [1.807, 2.05) is 30.3 Å². The fourth-order valence-corrected chi connectivity index (χ4v) is 3.03. The van der Waals surface area contributed by atoms with Crippen LogP contribution in [0.15, 0.2) is 30.3 Å². The lowest BCUT2D eigenvalue weighted by Gasteiger charge is -2.37. The number of pyridine rings is 1. The summed E-state index contributed by atoms with van der Waals surface area (Å²) in [5, 5.41) is 13.8. The predicted molar refractivity (Wildman–Crippen MR) is 76.1 cm³/mol. The highest BCUT2D eigenvalue weighted by atomic mass is 16.3. The van der Waals surface area contributed by atoms with Gasteiger partial charge in [0.05, 0.1) is 5.52 Å². The number of aromatic nitrogens is 1. The lowest BCUT2D eigenvalue weighted by atomic mass is 9.73. The smallest absolute Gasteiger partial charge is 0.0711 e. The molecule has 0 amide bonds. The fourth-order valence-electron chi connectivity index (χ4n) is 3.03. The maximum Gasteiger partial charge on any atom is 0.0711 e. The van der Waals surface area contributed by atoms with Crippen LogP contribution in [0.4, 0.5) is 0 Å². The number of nitrogens with zero attached hydrogens (tertiary/aromatic N) is 1. The summed E-state index contributed by atoms with van der Waals surface area (Å²) >= 11 is 0. The topological polar surface area (TPSA) is 45.2 Å². The van der Waals surface area contributed by atoms with Gasteiger partial charge in [0, 0.05) is 23.1 Å². The first kappa shape index (κ1) is 12.6. The Hall–Kier alpha value is -1.45. The Morgan fingerprint density at radius 3 is 2.84 bits per heavy atom. The number of rotatable bonds is 3. The molecule has 2 heterocycles. The van der Waals surface area contributed by atoms with Crippen LogP contribution in [-0.2, 0) is 5.41 Å². The third-order valence-electron chi connectivity index (χ3n) is 4.20. The van der Waals surface area contributed by atoms with Crippen molar-refractivity contribution in [2.24, 2.45) is 0 Å². The number of hydrogen-bond donors (Lipinski definition) is 2. The molecule has 2 N–H and O–H groups in total. The van der Waals surface area contributed by atoms with Crippen LogP contribution in [0.1, 0.15) is 25.0 Å². The summed E-state index contributed by atoms with van der Waals surface area (Å²) in [7, 11) is 0. The third-order valence-corrected chi connectivity index (χ3v) is 4.20. The van der Waals surface area contributed by atoms with Gasteiger partial charge in [0.2, 0.25) is 0 Å². The van der Waals surface area contributed by atoms with E-state index in [0.717, 1.165) is 48.9 Å². The maximum atomic E-state index is 9.40. The van der Waals surface area contributed by atoms with Crippen LogP contribution in [-0.4, -0.2) is 29.8 Å². The number of fused-ring (bicyclic) bond motifs is 1. The van der Waals surface area contributed by atoms with Gasteiger partial charge in [-0.05, 0) is 50.6 Å². The number of hydrogen-bond acceptors (Lipinski definition) is 3. The van der Waals surface area contributed by atoms with Gasteiger partial charge in [-0.1, -0.05) is 18.2 Å². The molecule has 3 heteroatoms. The number of piperidine rings is 1. The predicted octanol–water partition coefficient (Wildman–Crippen LogP) is 2.04. The zero-order valence-corrected chi connectivity index (χ0v) is 11.0. The Balaban J connectivity index is 2.04. The molecule has 0 saturated carbocycles. The minimum Gasteiger partial charge on any atom is -0.396 e. The Morgan fingerprint density at radius 2 is 2.05 bits per heavy atom. The van der Waals surface area contributed by atoms with Crippen molar-refractivity contribution in [2.75, 3.05) is 19.7 Å². The average molecular weight is 255 g/mol. The van der Waals surface area contributed by atoms with Crippen LogP contribution >= 0.6 is 0 Å². The molecule has 19 heavy (non-hydrogen) atoms. The standard InChI is InChI=1S/C16H19N2O/c19-12-9-16(7-10-17-11-8-16)15-6-5-13-3-1-2-4-14(13)18-15/h1-4,6,17,19H,7-12H2. The minimum absolute atomic E-state index is 0.0144. The molecule has 3 rings (SSSR count). The Morgan fingerprint density at radius 1 is 1.26 bits per heavy atom. The normalized spacial score (nSPS) is 18.6. The quantitative estimate of drug-likeness (QED) is 0.882. The molecule has 0 aliphatic carbocycles. The SMILES string of the molecule is OCCC1(c2c[c]c3ccccc3n2)CCNCC1. The molecular formula is C16H19N2O. The molecule has 1 fully saturated rings. The van der Waals surface area contributed by atoms with Crippen molar-refractivity contribution in [2.45, 2.75) is 24.7 Å². The molecule has 0 bridgehead atoms. The Labute approximate surface area is 113 Å². The first-order valence-electron chi connectivity index (χ1n) is 6.94. The molecule has 0 spiro atoms. The van der Waals surface area contributed by atoms with Crippen molar-refractivity contribution in [1.29, 1.82) is 0 Å². The number of para-hydroxylation sites is 1. The van der Waals surface area contributed by atoms with Crippen molar-refractivity contribution >= 4 is 10.9 Å². The summed E-state index contributed by atoms with van der Waals surface area (Å²) < 4.78 is 0. The minimum atomic E-state index is 0.0144. The van der Waals surface area contributed by atoms with Gasteiger partial charge in [-0.2, -0.15) is 0 Å². The summed E-state index contributed by atoms with van der Waals surface area (Å²) in [5.41, 5.74) is 2.10. The van der Waals surface area contributed by atoms with E-state index in [1.165, 1.54) is 0 Å². The number of aliphatic hydroxyl groups is 1. The molecule has 3 nitrogen and oxygen atoms in total. The van der Waals surface area contributed by atoms with E-state index in [9.17, 15) is 5.11 Å². The summed E-state index contributed by atoms with van der Waals surface area (Å²) in [5.74, 6) is 0. The van der Waals surface area contributed by atoms with Gasteiger partial charge in [-0.3, -0.25) is 4.98 Å². The van der Waals surface area contributed by atoms with E-state index < -0.39 is 0 Å². The van der Waals surface area contributed by atoms with Crippen molar-refractivity contribution in [3.8, 4) is 0 Å². The molecule has 1 aromatic heterocycles. The summed E-state index contributed by atoms with van der Waals surface area (Å²) in [6.45, 7) is 2.21. The van der Waals surface area contributed by atoms with Crippen molar-refractivity contribution < 1.29 is 5.11 Å². The molecule has 0 atom stereocenters. The van der Waals surface area contributed by atoms with Gasteiger partial charge in [0.25, 0.3) is 0 Å². The van der Waals surface area contributed by atoms with Crippen molar-refractivity contribution in [3.63, 3.8) is 0 Å². The first-order chi connectivity index (χ1) is 9.34. The van der Waals surface area contributed by atoms with Gasteiger partial charge in [-0.25, -0.2) is 0 Å². The van der Waals surface area contributed by atoms with E-state index >= 15 is 0 Å². The van der Waals surface area contributed by atoms with Crippen LogP contribution in [0, 0.1) is 6.07 Å². The highest BCUT2D eigenvalue weighted by molar-refractivity contribution is 5.77. The summed E-state index contributed by atoms with van der Waals surface area (Å²) in [4.78, 5) is 4.82. The van der Waals surface area contributed by atoms with Gasteiger partial charge in [0.1, 0.15) is 0 Å². The summed E-state index contributed by atoms with van der Waals surface area (Å²) in [6, 6.07) is 13.4.